The van der Waals surface area contributed by atoms with Crippen molar-refractivity contribution in [2.75, 3.05) is 11.9 Å². The Balaban J connectivity index is 1.99. The van der Waals surface area contributed by atoms with Crippen LogP contribution >= 0.6 is 0 Å². The molecule has 0 aromatic carbocycles. The number of anilines is 1. The molecule has 9 nitrogen and oxygen atoms in total. The molecule has 0 unspecified atom stereocenters. The summed E-state index contributed by atoms with van der Waals surface area (Å²) in [7, 11) is -1.92. The maximum Gasteiger partial charge on any atom is 0.405 e. The summed E-state index contributed by atoms with van der Waals surface area (Å²) in [4.78, 5) is 28.6. The number of nitrogens with zero attached hydrogens (tertiary/aromatic N) is 3. The summed E-state index contributed by atoms with van der Waals surface area (Å²) >= 11 is 0. The Morgan fingerprint density at radius 2 is 2.12 bits per heavy atom. The number of nitrogens with one attached hydrogen (secondary N) is 2. The molecular formula is C24H35N5O4Si. The molecule has 2 bridgehead atoms. The van der Waals surface area contributed by atoms with E-state index in [-0.39, 0.29) is 10.9 Å². The first kappa shape index (κ1) is 25.6. The van der Waals surface area contributed by atoms with Crippen LogP contribution in [-0.2, 0) is 15.8 Å². The lowest BCUT2D eigenvalue weighted by Crippen LogP contribution is -2.41. The fourth-order valence-electron chi connectivity index (χ4n) is 3.50. The van der Waals surface area contributed by atoms with Gasteiger partial charge in [0.15, 0.2) is 8.32 Å². The van der Waals surface area contributed by atoms with E-state index >= 15 is 0 Å². The summed E-state index contributed by atoms with van der Waals surface area (Å²) in [5.41, 5.74) is 2.72. The summed E-state index contributed by atoms with van der Waals surface area (Å²) < 4.78 is 8.17. The SMILES string of the molecule is C[C@@H]1/C=C/C[C@H](NC(=O)O)c2cc(ccn2)-c2c(cnn2CCO[Si](C)(C)C(C)(C)C)NC1=O. The van der Waals surface area contributed by atoms with Crippen molar-refractivity contribution in [3.05, 3.63) is 42.4 Å². The van der Waals surface area contributed by atoms with Crippen LogP contribution in [0, 0.1) is 5.92 Å². The van der Waals surface area contributed by atoms with Crippen LogP contribution in [0.3, 0.4) is 0 Å². The minimum absolute atomic E-state index is 0.0999. The summed E-state index contributed by atoms with van der Waals surface area (Å²) in [5, 5.41) is 19.5. The molecule has 2 atom stereocenters. The quantitative estimate of drug-likeness (QED) is 0.413. The molecule has 2 aromatic heterocycles. The first-order valence-corrected chi connectivity index (χ1v) is 14.4. The van der Waals surface area contributed by atoms with E-state index in [1.54, 1.807) is 25.4 Å². The molecule has 3 N–H and O–H groups in total. The average Bonchev–Trinajstić information content (AvgIpc) is 3.13. The molecule has 0 saturated carbocycles. The Bertz CT molecular complexity index is 1070. The third kappa shape index (κ3) is 5.92. The van der Waals surface area contributed by atoms with Gasteiger partial charge in [0, 0.05) is 11.8 Å². The summed E-state index contributed by atoms with van der Waals surface area (Å²) in [6.45, 7) is 13.8. The molecule has 0 saturated heterocycles. The Labute approximate surface area is 201 Å². The van der Waals surface area contributed by atoms with Crippen molar-refractivity contribution in [2.45, 2.75) is 64.8 Å². The van der Waals surface area contributed by atoms with Crippen molar-refractivity contribution in [1.82, 2.24) is 20.1 Å². The molecule has 1 aliphatic heterocycles. The van der Waals surface area contributed by atoms with Crippen LogP contribution in [0.5, 0.6) is 0 Å². The van der Waals surface area contributed by atoms with Crippen LogP contribution in [0.2, 0.25) is 18.1 Å². The number of carbonyl (C=O) groups excluding carboxylic acids is 1. The molecule has 10 heteroatoms. The van der Waals surface area contributed by atoms with Crippen LogP contribution in [0.4, 0.5) is 10.5 Å². The third-order valence-electron chi connectivity index (χ3n) is 6.59. The molecule has 0 radical (unpaired) electrons. The maximum absolute atomic E-state index is 12.8. The fraction of sp³-hybridized carbons (Fsp3) is 0.500. The van der Waals surface area contributed by atoms with Crippen LogP contribution in [-0.4, -0.2) is 46.8 Å². The topological polar surface area (TPSA) is 118 Å². The molecule has 34 heavy (non-hydrogen) atoms. The van der Waals surface area contributed by atoms with Gasteiger partial charge in [-0.1, -0.05) is 39.8 Å². The highest BCUT2D eigenvalue weighted by Gasteiger charge is 2.37. The third-order valence-corrected chi connectivity index (χ3v) is 11.1. The normalized spacial score (nSPS) is 19.9. The van der Waals surface area contributed by atoms with Gasteiger partial charge in [0.1, 0.15) is 0 Å². The van der Waals surface area contributed by atoms with Gasteiger partial charge in [-0.25, -0.2) is 4.79 Å². The van der Waals surface area contributed by atoms with E-state index in [0.29, 0.717) is 31.0 Å². The van der Waals surface area contributed by atoms with Crippen molar-refractivity contribution in [3.63, 3.8) is 0 Å². The van der Waals surface area contributed by atoms with Crippen molar-refractivity contribution in [2.24, 2.45) is 5.92 Å². The summed E-state index contributed by atoms with van der Waals surface area (Å²) in [6, 6.07) is 3.15. The second-order valence-electron chi connectivity index (χ2n) is 10.2. The van der Waals surface area contributed by atoms with Gasteiger partial charge in [0.2, 0.25) is 5.91 Å². The number of aromatic nitrogens is 3. The van der Waals surface area contributed by atoms with E-state index in [4.69, 9.17) is 4.43 Å². The van der Waals surface area contributed by atoms with Gasteiger partial charge in [-0.3, -0.25) is 14.5 Å². The maximum atomic E-state index is 12.8. The van der Waals surface area contributed by atoms with Crippen LogP contribution in [0.1, 0.15) is 45.9 Å². The van der Waals surface area contributed by atoms with Gasteiger partial charge in [0.05, 0.1) is 48.4 Å². The monoisotopic (exact) mass is 485 g/mol. The zero-order valence-electron chi connectivity index (χ0n) is 20.8. The van der Waals surface area contributed by atoms with E-state index in [1.165, 1.54) is 0 Å². The summed E-state index contributed by atoms with van der Waals surface area (Å²) in [6.07, 6.45) is 6.13. The molecule has 184 valence electrons. The molecule has 3 heterocycles. The average molecular weight is 486 g/mol. The standard InChI is InChI=1S/C24H35N5O4Si/c1-16-8-7-9-18(28-23(31)32)19-14-17(10-11-25-19)21-20(27-22(16)30)15-26-29(21)12-13-33-34(5,6)24(2,3)4/h7-8,10-11,14-16,18,28H,9,12-13H2,1-6H3,(H,27,30)(H,31,32)/b8-7+/t16-,18+/m1/s1. The number of fused-ring (bicyclic) bond motifs is 4. The van der Waals surface area contributed by atoms with Crippen molar-refractivity contribution < 1.29 is 19.1 Å². The lowest BCUT2D eigenvalue weighted by Gasteiger charge is -2.36. The molecule has 3 rings (SSSR count). The molecular weight excluding hydrogens is 450 g/mol. The highest BCUT2D eigenvalue weighted by Crippen LogP contribution is 2.37. The zero-order chi connectivity index (χ0) is 25.1. The predicted molar refractivity (Wildman–Crippen MR) is 134 cm³/mol. The van der Waals surface area contributed by atoms with Gasteiger partial charge in [-0.15, -0.1) is 0 Å². The first-order chi connectivity index (χ1) is 15.9. The van der Waals surface area contributed by atoms with E-state index < -0.39 is 26.4 Å². The van der Waals surface area contributed by atoms with Crippen molar-refractivity contribution in [3.8, 4) is 11.3 Å². The summed E-state index contributed by atoms with van der Waals surface area (Å²) in [5.74, 6) is -0.554. The number of carboxylic acid groups (broad SMARTS) is 1. The smallest absolute Gasteiger partial charge is 0.405 e. The van der Waals surface area contributed by atoms with Crippen LogP contribution in [0.15, 0.2) is 36.7 Å². The molecule has 0 fully saturated rings. The van der Waals surface area contributed by atoms with E-state index in [2.05, 4.69) is 54.6 Å². The van der Waals surface area contributed by atoms with Crippen molar-refractivity contribution >= 4 is 26.0 Å². The Morgan fingerprint density at radius 3 is 2.79 bits per heavy atom. The molecule has 2 amide bonds. The van der Waals surface area contributed by atoms with Gasteiger partial charge >= 0.3 is 6.09 Å². The number of rotatable bonds is 5. The zero-order valence-corrected chi connectivity index (χ0v) is 21.8. The predicted octanol–water partition coefficient (Wildman–Crippen LogP) is 4.81. The van der Waals surface area contributed by atoms with Gasteiger partial charge in [-0.2, -0.15) is 5.10 Å². The number of hydrogen-bond acceptors (Lipinski definition) is 5. The number of hydrogen-bond donors (Lipinski definition) is 3. The van der Waals surface area contributed by atoms with E-state index in [0.717, 1.165) is 11.3 Å². The van der Waals surface area contributed by atoms with Gasteiger partial charge in [-0.05, 0) is 36.7 Å². The molecule has 1 aliphatic rings. The minimum Gasteiger partial charge on any atom is -0.465 e. The Morgan fingerprint density at radius 1 is 1.38 bits per heavy atom. The lowest BCUT2D eigenvalue weighted by molar-refractivity contribution is -0.118. The van der Waals surface area contributed by atoms with Gasteiger partial charge in [0.25, 0.3) is 0 Å². The minimum atomic E-state index is -1.92. The lowest BCUT2D eigenvalue weighted by atomic mass is 10.0. The van der Waals surface area contributed by atoms with E-state index in [9.17, 15) is 14.7 Å². The Hall–Kier alpha value is -2.98. The van der Waals surface area contributed by atoms with Crippen LogP contribution < -0.4 is 10.6 Å². The fourth-order valence-corrected chi connectivity index (χ4v) is 4.53. The second kappa shape index (κ2) is 10.1. The van der Waals surface area contributed by atoms with E-state index in [1.807, 2.05) is 22.9 Å². The number of amides is 2. The second-order valence-corrected chi connectivity index (χ2v) is 15.0. The molecule has 2 aromatic rings. The number of carbonyl (C=O) groups is 2. The van der Waals surface area contributed by atoms with Crippen LogP contribution in [0.25, 0.3) is 11.3 Å². The van der Waals surface area contributed by atoms with Crippen molar-refractivity contribution in [1.29, 1.82) is 0 Å². The highest BCUT2D eigenvalue weighted by atomic mass is 28.4. The van der Waals surface area contributed by atoms with Gasteiger partial charge < -0.3 is 20.2 Å². The Kier molecular flexibility index (Phi) is 7.62. The highest BCUT2D eigenvalue weighted by molar-refractivity contribution is 6.74. The molecule has 0 aliphatic carbocycles. The first-order valence-electron chi connectivity index (χ1n) is 11.5. The molecule has 0 spiro atoms. The number of pyridine rings is 1. The largest absolute Gasteiger partial charge is 0.465 e.